The first-order chi connectivity index (χ1) is 6.40. The van der Waals surface area contributed by atoms with Gasteiger partial charge in [-0.05, 0) is 36.1 Å². The monoisotopic (exact) mass is 176 g/mol. The van der Waals surface area contributed by atoms with E-state index in [-0.39, 0.29) is 0 Å². The number of oxime groups is 1. The van der Waals surface area contributed by atoms with Crippen LogP contribution in [-0.2, 0) is 6.42 Å². The third-order valence-corrected chi connectivity index (χ3v) is 2.27. The predicted octanol–water partition coefficient (Wildman–Crippen LogP) is 1.85. The van der Waals surface area contributed by atoms with Crippen LogP contribution >= 0.6 is 0 Å². The number of aryl methyl sites for hydroxylation is 1. The molecule has 0 amide bonds. The van der Waals surface area contributed by atoms with Crippen LogP contribution < -0.4 is 5.32 Å². The summed E-state index contributed by atoms with van der Waals surface area (Å²) in [5.74, 6) is 0. The van der Waals surface area contributed by atoms with Crippen LogP contribution in [0.25, 0.3) is 0 Å². The first-order valence-corrected chi connectivity index (χ1v) is 4.44. The number of benzene rings is 1. The first-order valence-electron chi connectivity index (χ1n) is 4.44. The predicted molar refractivity (Wildman–Crippen MR) is 52.6 cm³/mol. The Bertz CT molecular complexity index is 334. The highest BCUT2D eigenvalue weighted by molar-refractivity contribution is 5.80. The molecule has 0 fully saturated rings. The summed E-state index contributed by atoms with van der Waals surface area (Å²) < 4.78 is 0. The average Bonchev–Trinajstić information content (AvgIpc) is 2.18. The topological polar surface area (TPSA) is 44.6 Å². The van der Waals surface area contributed by atoms with Crippen molar-refractivity contribution in [3.63, 3.8) is 0 Å². The summed E-state index contributed by atoms with van der Waals surface area (Å²) in [4.78, 5) is 0. The number of nitrogens with zero attached hydrogens (tertiary/aromatic N) is 1. The molecule has 2 N–H and O–H groups in total. The van der Waals surface area contributed by atoms with Crippen LogP contribution in [0.15, 0.2) is 23.4 Å². The van der Waals surface area contributed by atoms with E-state index < -0.39 is 0 Å². The summed E-state index contributed by atoms with van der Waals surface area (Å²) in [7, 11) is 0. The second-order valence-electron chi connectivity index (χ2n) is 3.19. The fourth-order valence-electron chi connectivity index (χ4n) is 1.64. The molecule has 2 rings (SSSR count). The Morgan fingerprint density at radius 3 is 3.23 bits per heavy atom. The van der Waals surface area contributed by atoms with Crippen molar-refractivity contribution >= 4 is 11.9 Å². The molecule has 1 aromatic carbocycles. The van der Waals surface area contributed by atoms with Crippen molar-refractivity contribution in [2.45, 2.75) is 12.8 Å². The molecule has 0 unspecified atom stereocenters. The first kappa shape index (κ1) is 8.10. The highest BCUT2D eigenvalue weighted by Gasteiger charge is 2.07. The normalized spacial score (nSPS) is 15.4. The largest absolute Gasteiger partial charge is 0.411 e. The van der Waals surface area contributed by atoms with Gasteiger partial charge < -0.3 is 10.5 Å². The van der Waals surface area contributed by atoms with Crippen LogP contribution in [0.2, 0.25) is 0 Å². The molecule has 0 spiro atoms. The summed E-state index contributed by atoms with van der Waals surface area (Å²) in [6.45, 7) is 1.06. The van der Waals surface area contributed by atoms with Gasteiger partial charge in [0.2, 0.25) is 0 Å². The summed E-state index contributed by atoms with van der Waals surface area (Å²) in [5, 5.41) is 14.7. The zero-order chi connectivity index (χ0) is 9.10. The van der Waals surface area contributed by atoms with Gasteiger partial charge in [0, 0.05) is 12.2 Å². The van der Waals surface area contributed by atoms with Crippen LogP contribution in [0.4, 0.5) is 5.69 Å². The molecule has 0 radical (unpaired) electrons. The van der Waals surface area contributed by atoms with Gasteiger partial charge in [-0.2, -0.15) is 0 Å². The van der Waals surface area contributed by atoms with Crippen molar-refractivity contribution in [3.8, 4) is 0 Å². The lowest BCUT2D eigenvalue weighted by molar-refractivity contribution is 0.322. The zero-order valence-corrected chi connectivity index (χ0v) is 7.33. The maximum Gasteiger partial charge on any atom is 0.0733 e. The Labute approximate surface area is 77.1 Å². The van der Waals surface area contributed by atoms with Crippen molar-refractivity contribution in [1.82, 2.24) is 0 Å². The van der Waals surface area contributed by atoms with Gasteiger partial charge in [0.15, 0.2) is 0 Å². The maximum atomic E-state index is 8.38. The molecule has 1 aliphatic rings. The second kappa shape index (κ2) is 3.47. The highest BCUT2D eigenvalue weighted by Crippen LogP contribution is 2.22. The van der Waals surface area contributed by atoms with Crippen molar-refractivity contribution in [2.75, 3.05) is 11.9 Å². The number of rotatable bonds is 1. The average molecular weight is 176 g/mol. The number of hydrogen-bond donors (Lipinski definition) is 2. The lowest BCUT2D eigenvalue weighted by atomic mass is 10.0. The van der Waals surface area contributed by atoms with E-state index in [1.807, 2.05) is 12.1 Å². The molecule has 68 valence electrons. The molecule has 0 saturated carbocycles. The van der Waals surface area contributed by atoms with Crippen molar-refractivity contribution in [1.29, 1.82) is 0 Å². The minimum atomic E-state index is 0.949. The van der Waals surface area contributed by atoms with Crippen molar-refractivity contribution in [3.05, 3.63) is 29.3 Å². The molecule has 1 heterocycles. The van der Waals surface area contributed by atoms with Gasteiger partial charge in [-0.1, -0.05) is 11.2 Å². The Hall–Kier alpha value is -1.51. The van der Waals surface area contributed by atoms with Gasteiger partial charge in [-0.15, -0.1) is 0 Å². The lowest BCUT2D eigenvalue weighted by Gasteiger charge is -2.17. The van der Waals surface area contributed by atoms with E-state index in [4.69, 9.17) is 5.21 Å². The summed E-state index contributed by atoms with van der Waals surface area (Å²) in [5.41, 5.74) is 3.47. The lowest BCUT2D eigenvalue weighted by Crippen LogP contribution is -2.11. The molecule has 0 aromatic heterocycles. The molecular formula is C10H12N2O. The highest BCUT2D eigenvalue weighted by atomic mass is 16.4. The minimum Gasteiger partial charge on any atom is -0.411 e. The Morgan fingerprint density at radius 1 is 1.46 bits per heavy atom. The molecular weight excluding hydrogens is 164 g/mol. The number of hydrogen-bond acceptors (Lipinski definition) is 3. The van der Waals surface area contributed by atoms with Gasteiger partial charge >= 0.3 is 0 Å². The summed E-state index contributed by atoms with van der Waals surface area (Å²) >= 11 is 0. The minimum absolute atomic E-state index is 0.949. The van der Waals surface area contributed by atoms with E-state index in [0.29, 0.717) is 0 Å². The molecule has 0 aliphatic carbocycles. The maximum absolute atomic E-state index is 8.38. The quantitative estimate of drug-likeness (QED) is 0.389. The van der Waals surface area contributed by atoms with Crippen LogP contribution in [-0.4, -0.2) is 18.0 Å². The number of anilines is 1. The van der Waals surface area contributed by atoms with E-state index in [1.54, 1.807) is 0 Å². The van der Waals surface area contributed by atoms with Gasteiger partial charge in [0.1, 0.15) is 0 Å². The van der Waals surface area contributed by atoms with Gasteiger partial charge in [0.05, 0.1) is 6.21 Å². The van der Waals surface area contributed by atoms with Crippen LogP contribution in [0, 0.1) is 0 Å². The molecule has 3 nitrogen and oxygen atoms in total. The molecule has 1 aliphatic heterocycles. The number of fused-ring (bicyclic) bond motifs is 1. The molecule has 3 heteroatoms. The van der Waals surface area contributed by atoms with Crippen molar-refractivity contribution < 1.29 is 5.21 Å². The fraction of sp³-hybridized carbons (Fsp3) is 0.300. The molecule has 1 aromatic rings. The molecule has 0 atom stereocenters. The molecule has 13 heavy (non-hydrogen) atoms. The van der Waals surface area contributed by atoms with Crippen LogP contribution in [0.1, 0.15) is 17.5 Å². The second-order valence-corrected chi connectivity index (χ2v) is 3.19. The third kappa shape index (κ3) is 1.64. The Morgan fingerprint density at radius 2 is 2.38 bits per heavy atom. The van der Waals surface area contributed by atoms with Crippen LogP contribution in [0.3, 0.4) is 0 Å². The Balaban J connectivity index is 2.35. The van der Waals surface area contributed by atoms with Gasteiger partial charge in [-0.3, -0.25) is 0 Å². The van der Waals surface area contributed by atoms with E-state index in [1.165, 1.54) is 23.9 Å². The van der Waals surface area contributed by atoms with Gasteiger partial charge in [-0.25, -0.2) is 0 Å². The van der Waals surface area contributed by atoms with Gasteiger partial charge in [0.25, 0.3) is 0 Å². The van der Waals surface area contributed by atoms with Crippen LogP contribution in [0.5, 0.6) is 0 Å². The molecule has 0 bridgehead atoms. The van der Waals surface area contributed by atoms with Crippen molar-refractivity contribution in [2.24, 2.45) is 5.16 Å². The Kier molecular flexibility index (Phi) is 2.17. The van der Waals surface area contributed by atoms with E-state index >= 15 is 0 Å². The third-order valence-electron chi connectivity index (χ3n) is 2.27. The SMILES string of the molecule is O/N=C/c1ccc2c(c1)CCCN2. The van der Waals surface area contributed by atoms with E-state index in [9.17, 15) is 0 Å². The standard InChI is InChI=1S/C10H12N2O/c13-12-7-8-3-4-10-9(6-8)2-1-5-11-10/h3-4,6-7,11,13H,1-2,5H2/b12-7+. The summed E-state index contributed by atoms with van der Waals surface area (Å²) in [6.07, 6.45) is 3.73. The smallest absolute Gasteiger partial charge is 0.0733 e. The number of nitrogens with one attached hydrogen (secondary N) is 1. The van der Waals surface area contributed by atoms with E-state index in [0.717, 1.165) is 18.5 Å². The molecule has 0 saturated heterocycles. The fourth-order valence-corrected chi connectivity index (χ4v) is 1.64. The summed E-state index contributed by atoms with van der Waals surface area (Å²) in [6, 6.07) is 6.03. The van der Waals surface area contributed by atoms with E-state index in [2.05, 4.69) is 16.5 Å². The zero-order valence-electron chi connectivity index (χ0n) is 7.33.